The number of hydrazone groups is 1. The lowest BCUT2D eigenvalue weighted by atomic mass is 10.1. The minimum absolute atomic E-state index is 0.0391. The maximum Gasteiger partial charge on any atom is 0.274 e. The molecule has 2 aromatic rings. The van der Waals surface area contributed by atoms with Crippen molar-refractivity contribution < 1.29 is 9.18 Å². The molecule has 0 spiro atoms. The Labute approximate surface area is 127 Å². The number of amides is 1. The lowest BCUT2D eigenvalue weighted by Gasteiger charge is -2.06. The first-order valence-electron chi connectivity index (χ1n) is 6.49. The van der Waals surface area contributed by atoms with Gasteiger partial charge < -0.3 is 0 Å². The molecule has 0 aliphatic heterocycles. The van der Waals surface area contributed by atoms with Crippen molar-refractivity contribution in [1.82, 2.24) is 5.43 Å². The predicted octanol–water partition coefficient (Wildman–Crippen LogP) is 4.02. The molecule has 1 amide bonds. The number of hydrogen-bond donors (Lipinski definition) is 1. The summed E-state index contributed by atoms with van der Waals surface area (Å²) in [5.74, 6) is -1.16. The van der Waals surface area contributed by atoms with Crippen LogP contribution in [0.5, 0.6) is 0 Å². The van der Waals surface area contributed by atoms with Crippen LogP contribution in [0.15, 0.2) is 53.6 Å². The monoisotopic (exact) mass is 304 g/mol. The van der Waals surface area contributed by atoms with Crippen molar-refractivity contribution in [2.45, 2.75) is 13.3 Å². The van der Waals surface area contributed by atoms with Gasteiger partial charge in [0.15, 0.2) is 0 Å². The van der Waals surface area contributed by atoms with Crippen LogP contribution >= 0.6 is 11.6 Å². The molecular formula is C16H14ClFN2O. The lowest BCUT2D eigenvalue weighted by Crippen LogP contribution is -2.21. The van der Waals surface area contributed by atoms with Gasteiger partial charge in [-0.05, 0) is 36.2 Å². The van der Waals surface area contributed by atoms with Gasteiger partial charge in [-0.3, -0.25) is 4.79 Å². The van der Waals surface area contributed by atoms with Crippen LogP contribution in [0.3, 0.4) is 0 Å². The predicted molar refractivity (Wildman–Crippen MR) is 82.1 cm³/mol. The van der Waals surface area contributed by atoms with E-state index in [4.69, 9.17) is 11.6 Å². The third-order valence-electron chi connectivity index (χ3n) is 2.90. The number of nitrogens with zero attached hydrogens (tertiary/aromatic N) is 1. The summed E-state index contributed by atoms with van der Waals surface area (Å²) in [6, 6.07) is 12.9. The number of nitrogens with one attached hydrogen (secondary N) is 1. The number of halogens is 2. The Balaban J connectivity index is 2.19. The van der Waals surface area contributed by atoms with Gasteiger partial charge in [0, 0.05) is 5.02 Å². The number of benzene rings is 2. The highest BCUT2D eigenvalue weighted by Crippen LogP contribution is 2.13. The molecule has 0 saturated carbocycles. The van der Waals surface area contributed by atoms with E-state index in [1.807, 2.05) is 19.1 Å². The highest BCUT2D eigenvalue weighted by molar-refractivity contribution is 6.31. The first-order chi connectivity index (χ1) is 10.1. The van der Waals surface area contributed by atoms with Crippen molar-refractivity contribution in [3.05, 3.63) is 70.5 Å². The third-order valence-corrected chi connectivity index (χ3v) is 3.14. The van der Waals surface area contributed by atoms with E-state index in [1.165, 1.54) is 18.2 Å². The Hall–Kier alpha value is -2.20. The molecule has 3 nitrogen and oxygen atoms in total. The summed E-state index contributed by atoms with van der Waals surface area (Å²) < 4.78 is 13.5. The molecule has 0 radical (unpaired) electrons. The van der Waals surface area contributed by atoms with Crippen LogP contribution in [0.2, 0.25) is 5.02 Å². The Morgan fingerprint density at radius 2 is 2.00 bits per heavy atom. The minimum Gasteiger partial charge on any atom is -0.267 e. The summed E-state index contributed by atoms with van der Waals surface area (Å²) in [6.07, 6.45) is 0.609. The van der Waals surface area contributed by atoms with E-state index in [0.717, 1.165) is 5.56 Å². The fourth-order valence-electron chi connectivity index (χ4n) is 1.84. The van der Waals surface area contributed by atoms with Crippen LogP contribution < -0.4 is 5.43 Å². The van der Waals surface area contributed by atoms with Crippen LogP contribution in [0.25, 0.3) is 0 Å². The highest BCUT2D eigenvalue weighted by Gasteiger charge is 2.10. The first-order valence-corrected chi connectivity index (χ1v) is 6.87. The van der Waals surface area contributed by atoms with E-state index >= 15 is 0 Å². The van der Waals surface area contributed by atoms with E-state index in [9.17, 15) is 9.18 Å². The zero-order valence-electron chi connectivity index (χ0n) is 11.4. The third kappa shape index (κ3) is 3.89. The van der Waals surface area contributed by atoms with Crippen LogP contribution in [0, 0.1) is 5.82 Å². The molecule has 0 aliphatic rings. The topological polar surface area (TPSA) is 41.5 Å². The van der Waals surface area contributed by atoms with Gasteiger partial charge in [0.25, 0.3) is 5.91 Å². The summed E-state index contributed by atoms with van der Waals surface area (Å²) in [5, 5.41) is 4.65. The SMILES string of the molecule is CCC(=NNC(=O)c1ccccc1F)c1cccc(Cl)c1. The molecule has 0 heterocycles. The smallest absolute Gasteiger partial charge is 0.267 e. The van der Waals surface area contributed by atoms with Crippen molar-refractivity contribution >= 4 is 23.2 Å². The maximum absolute atomic E-state index is 13.5. The van der Waals surface area contributed by atoms with Crippen LogP contribution in [0.4, 0.5) is 4.39 Å². The van der Waals surface area contributed by atoms with Gasteiger partial charge in [-0.1, -0.05) is 42.8 Å². The average molecular weight is 305 g/mol. The van der Waals surface area contributed by atoms with Crippen molar-refractivity contribution in [3.63, 3.8) is 0 Å². The molecular weight excluding hydrogens is 291 g/mol. The Morgan fingerprint density at radius 1 is 1.24 bits per heavy atom. The van der Waals surface area contributed by atoms with Crippen molar-refractivity contribution in [2.75, 3.05) is 0 Å². The summed E-state index contributed by atoms with van der Waals surface area (Å²) in [7, 11) is 0. The summed E-state index contributed by atoms with van der Waals surface area (Å²) in [4.78, 5) is 11.9. The van der Waals surface area contributed by atoms with Crippen LogP contribution in [-0.4, -0.2) is 11.6 Å². The lowest BCUT2D eigenvalue weighted by molar-refractivity contribution is 0.0951. The van der Waals surface area contributed by atoms with Gasteiger partial charge in [0.05, 0.1) is 11.3 Å². The summed E-state index contributed by atoms with van der Waals surface area (Å²) >= 11 is 5.93. The Morgan fingerprint density at radius 3 is 2.67 bits per heavy atom. The molecule has 5 heteroatoms. The largest absolute Gasteiger partial charge is 0.274 e. The number of rotatable bonds is 4. The molecule has 0 aliphatic carbocycles. The molecule has 0 aromatic heterocycles. The molecule has 0 unspecified atom stereocenters. The average Bonchev–Trinajstić information content (AvgIpc) is 2.48. The van der Waals surface area contributed by atoms with Crippen molar-refractivity contribution in [1.29, 1.82) is 0 Å². The van der Waals surface area contributed by atoms with E-state index in [2.05, 4.69) is 10.5 Å². The maximum atomic E-state index is 13.5. The van der Waals surface area contributed by atoms with E-state index < -0.39 is 11.7 Å². The number of carbonyl (C=O) groups is 1. The summed E-state index contributed by atoms with van der Waals surface area (Å²) in [6.45, 7) is 1.91. The molecule has 21 heavy (non-hydrogen) atoms. The van der Waals surface area contributed by atoms with E-state index in [0.29, 0.717) is 17.2 Å². The Kier molecular flexibility index (Phi) is 5.06. The van der Waals surface area contributed by atoms with E-state index in [-0.39, 0.29) is 5.56 Å². The van der Waals surface area contributed by atoms with Gasteiger partial charge in [-0.25, -0.2) is 9.82 Å². The van der Waals surface area contributed by atoms with Gasteiger partial charge in [0.1, 0.15) is 5.82 Å². The van der Waals surface area contributed by atoms with Gasteiger partial charge in [-0.2, -0.15) is 5.10 Å². The van der Waals surface area contributed by atoms with Crippen LogP contribution in [0.1, 0.15) is 29.3 Å². The minimum atomic E-state index is -0.582. The van der Waals surface area contributed by atoms with Gasteiger partial charge in [0.2, 0.25) is 0 Å². The molecule has 0 atom stereocenters. The second kappa shape index (κ2) is 6.99. The highest BCUT2D eigenvalue weighted by atomic mass is 35.5. The molecule has 0 fully saturated rings. The fourth-order valence-corrected chi connectivity index (χ4v) is 2.03. The van der Waals surface area contributed by atoms with Gasteiger partial charge >= 0.3 is 0 Å². The Bertz CT molecular complexity index is 685. The van der Waals surface area contributed by atoms with Crippen molar-refractivity contribution in [3.8, 4) is 0 Å². The fraction of sp³-hybridized carbons (Fsp3) is 0.125. The molecule has 2 aromatic carbocycles. The van der Waals surface area contributed by atoms with E-state index in [1.54, 1.807) is 18.2 Å². The van der Waals surface area contributed by atoms with Crippen LogP contribution in [-0.2, 0) is 0 Å². The second-order valence-electron chi connectivity index (χ2n) is 4.34. The molecule has 0 saturated heterocycles. The van der Waals surface area contributed by atoms with Crippen molar-refractivity contribution in [2.24, 2.45) is 5.10 Å². The molecule has 2 rings (SSSR count). The zero-order valence-corrected chi connectivity index (χ0v) is 12.2. The number of hydrogen-bond acceptors (Lipinski definition) is 2. The molecule has 1 N–H and O–H groups in total. The normalized spacial score (nSPS) is 11.3. The zero-order chi connectivity index (χ0) is 15.2. The second-order valence-corrected chi connectivity index (χ2v) is 4.78. The quantitative estimate of drug-likeness (QED) is 0.672. The first kappa shape index (κ1) is 15.2. The molecule has 0 bridgehead atoms. The van der Waals surface area contributed by atoms with Gasteiger partial charge in [-0.15, -0.1) is 0 Å². The standard InChI is InChI=1S/C16H14ClFN2O/c1-2-15(11-6-5-7-12(17)10-11)19-20-16(21)13-8-3-4-9-14(13)18/h3-10H,2H2,1H3,(H,20,21). The number of carbonyl (C=O) groups excluding carboxylic acids is 1. The molecule has 108 valence electrons. The summed E-state index contributed by atoms with van der Waals surface area (Å²) in [5.41, 5.74) is 3.82.